The molecule has 0 bridgehead atoms. The summed E-state index contributed by atoms with van der Waals surface area (Å²) in [5.74, 6) is -0.369. The lowest BCUT2D eigenvalue weighted by Crippen LogP contribution is -2.40. The molecule has 2 aromatic rings. The van der Waals surface area contributed by atoms with Gasteiger partial charge in [-0.05, 0) is 56.8 Å². The van der Waals surface area contributed by atoms with Crippen molar-refractivity contribution in [3.63, 3.8) is 0 Å². The largest absolute Gasteiger partial charge is 0.497 e. The molecular formula is C18H23NO5S. The zero-order chi connectivity index (χ0) is 18.8. The number of benzene rings is 1. The summed E-state index contributed by atoms with van der Waals surface area (Å²) in [5.41, 5.74) is 0.145. The van der Waals surface area contributed by atoms with E-state index >= 15 is 0 Å². The Bertz CT molecular complexity index is 791. The zero-order valence-electron chi connectivity index (χ0n) is 15.0. The number of nitrogens with one attached hydrogen (secondary N) is 1. The van der Waals surface area contributed by atoms with Crippen molar-refractivity contribution in [2.24, 2.45) is 0 Å². The van der Waals surface area contributed by atoms with E-state index < -0.39 is 17.7 Å². The number of carbonyl (C=O) groups is 2. The Morgan fingerprint density at radius 1 is 1.32 bits per heavy atom. The molecule has 1 aromatic heterocycles. The predicted molar refractivity (Wildman–Crippen MR) is 97.3 cm³/mol. The van der Waals surface area contributed by atoms with Crippen molar-refractivity contribution < 1.29 is 24.2 Å². The second-order valence-corrected chi connectivity index (χ2v) is 7.73. The Hall–Kier alpha value is -2.12. The number of rotatable bonds is 5. The maximum absolute atomic E-state index is 12.4. The van der Waals surface area contributed by atoms with E-state index in [-0.39, 0.29) is 12.5 Å². The van der Waals surface area contributed by atoms with Crippen LogP contribution in [0.5, 0.6) is 5.75 Å². The molecule has 136 valence electrons. The van der Waals surface area contributed by atoms with Crippen LogP contribution in [0.3, 0.4) is 0 Å². The standard InChI is InChI=1S/C18H23NO5S/c1-10-12-8-11(23-5)6-7-14(12)25-15(10)16(21)19-9-13(20)17(22)24-18(2,3)4/h6-8,13,20H,9H2,1-5H3,(H,19,21)/t13-/m1/s1. The highest BCUT2D eigenvalue weighted by Crippen LogP contribution is 2.33. The summed E-state index contributed by atoms with van der Waals surface area (Å²) >= 11 is 1.36. The van der Waals surface area contributed by atoms with Gasteiger partial charge in [-0.3, -0.25) is 4.79 Å². The van der Waals surface area contributed by atoms with Crippen LogP contribution in [-0.4, -0.2) is 42.3 Å². The number of hydrogen-bond acceptors (Lipinski definition) is 6. The second kappa shape index (κ2) is 7.41. The van der Waals surface area contributed by atoms with Gasteiger partial charge in [0.25, 0.3) is 5.91 Å². The van der Waals surface area contributed by atoms with E-state index in [1.807, 2.05) is 25.1 Å². The van der Waals surface area contributed by atoms with Gasteiger partial charge in [0.1, 0.15) is 11.4 Å². The molecule has 0 fully saturated rings. The average Bonchev–Trinajstić information content (AvgIpc) is 2.87. The van der Waals surface area contributed by atoms with Crippen molar-refractivity contribution in [3.8, 4) is 5.75 Å². The van der Waals surface area contributed by atoms with Crippen LogP contribution >= 0.6 is 11.3 Å². The van der Waals surface area contributed by atoms with Crippen LogP contribution in [0.15, 0.2) is 18.2 Å². The monoisotopic (exact) mass is 365 g/mol. The lowest BCUT2D eigenvalue weighted by molar-refractivity contribution is -0.164. The summed E-state index contributed by atoms with van der Waals surface area (Å²) < 4.78 is 11.3. The van der Waals surface area contributed by atoms with Crippen LogP contribution in [0.1, 0.15) is 36.0 Å². The third-order valence-electron chi connectivity index (χ3n) is 3.48. The SMILES string of the molecule is COc1ccc2sc(C(=O)NC[C@@H](O)C(=O)OC(C)(C)C)c(C)c2c1. The minimum Gasteiger partial charge on any atom is -0.497 e. The van der Waals surface area contributed by atoms with Crippen molar-refractivity contribution in [3.05, 3.63) is 28.6 Å². The van der Waals surface area contributed by atoms with Crippen molar-refractivity contribution in [1.29, 1.82) is 0 Å². The molecule has 0 saturated carbocycles. The van der Waals surface area contributed by atoms with E-state index in [0.29, 0.717) is 4.88 Å². The van der Waals surface area contributed by atoms with E-state index in [1.54, 1.807) is 27.9 Å². The number of aliphatic hydroxyl groups excluding tert-OH is 1. The third kappa shape index (κ3) is 4.70. The van der Waals surface area contributed by atoms with E-state index in [0.717, 1.165) is 21.4 Å². The Morgan fingerprint density at radius 3 is 2.60 bits per heavy atom. The fourth-order valence-corrected chi connectivity index (χ4v) is 3.37. The Kier molecular flexibility index (Phi) is 5.69. The van der Waals surface area contributed by atoms with Crippen molar-refractivity contribution in [2.45, 2.75) is 39.4 Å². The van der Waals surface area contributed by atoms with Crippen LogP contribution in [-0.2, 0) is 9.53 Å². The second-order valence-electron chi connectivity index (χ2n) is 6.68. The highest BCUT2D eigenvalue weighted by Gasteiger charge is 2.24. The summed E-state index contributed by atoms with van der Waals surface area (Å²) in [7, 11) is 1.59. The molecule has 0 spiro atoms. The Balaban J connectivity index is 2.07. The van der Waals surface area contributed by atoms with Crippen LogP contribution in [0.2, 0.25) is 0 Å². The van der Waals surface area contributed by atoms with Crippen LogP contribution in [0.25, 0.3) is 10.1 Å². The lowest BCUT2D eigenvalue weighted by Gasteiger charge is -2.21. The number of esters is 1. The molecule has 25 heavy (non-hydrogen) atoms. The predicted octanol–water partition coefficient (Wildman–Crippen LogP) is 2.65. The number of aryl methyl sites for hydroxylation is 1. The van der Waals surface area contributed by atoms with Gasteiger partial charge in [-0.25, -0.2) is 4.79 Å². The van der Waals surface area contributed by atoms with Gasteiger partial charge < -0.3 is 19.9 Å². The summed E-state index contributed by atoms with van der Waals surface area (Å²) in [5, 5.41) is 13.4. The number of methoxy groups -OCH3 is 1. The summed E-state index contributed by atoms with van der Waals surface area (Å²) in [6.45, 7) is 6.79. The van der Waals surface area contributed by atoms with Gasteiger partial charge in [0.15, 0.2) is 6.10 Å². The number of carbonyl (C=O) groups excluding carboxylic acids is 2. The number of fused-ring (bicyclic) bond motifs is 1. The highest BCUT2D eigenvalue weighted by atomic mass is 32.1. The van der Waals surface area contributed by atoms with E-state index in [4.69, 9.17) is 9.47 Å². The van der Waals surface area contributed by atoms with E-state index in [2.05, 4.69) is 5.32 Å². The molecule has 0 radical (unpaired) electrons. The average molecular weight is 365 g/mol. The first-order valence-electron chi connectivity index (χ1n) is 7.88. The summed E-state index contributed by atoms with van der Waals surface area (Å²) in [4.78, 5) is 24.7. The number of ether oxygens (including phenoxy) is 2. The molecule has 7 heteroatoms. The number of thiophene rings is 1. The molecule has 2 rings (SSSR count). The first-order chi connectivity index (χ1) is 11.6. The molecule has 0 aliphatic rings. The molecule has 0 saturated heterocycles. The Labute approximate surface area is 150 Å². The first kappa shape index (κ1) is 19.2. The van der Waals surface area contributed by atoms with Gasteiger partial charge in [-0.2, -0.15) is 0 Å². The van der Waals surface area contributed by atoms with Crippen molar-refractivity contribution in [1.82, 2.24) is 5.32 Å². The molecule has 2 N–H and O–H groups in total. The minimum absolute atomic E-state index is 0.204. The van der Waals surface area contributed by atoms with Crippen LogP contribution in [0, 0.1) is 6.92 Å². The minimum atomic E-state index is -1.40. The van der Waals surface area contributed by atoms with Crippen LogP contribution < -0.4 is 10.1 Å². The smallest absolute Gasteiger partial charge is 0.337 e. The quantitative estimate of drug-likeness (QED) is 0.796. The molecule has 0 aliphatic carbocycles. The molecule has 0 unspecified atom stereocenters. The van der Waals surface area contributed by atoms with Gasteiger partial charge in [0.05, 0.1) is 18.5 Å². The molecular weight excluding hydrogens is 342 g/mol. The fraction of sp³-hybridized carbons (Fsp3) is 0.444. The molecule has 0 aliphatic heterocycles. The first-order valence-corrected chi connectivity index (χ1v) is 8.70. The number of hydrogen-bond donors (Lipinski definition) is 2. The Morgan fingerprint density at radius 2 is 2.00 bits per heavy atom. The zero-order valence-corrected chi connectivity index (χ0v) is 15.8. The fourth-order valence-electron chi connectivity index (χ4n) is 2.27. The molecule has 1 aromatic carbocycles. The normalized spacial score (nSPS) is 12.7. The van der Waals surface area contributed by atoms with E-state index in [1.165, 1.54) is 11.3 Å². The topological polar surface area (TPSA) is 84.9 Å². The van der Waals surface area contributed by atoms with Crippen molar-refractivity contribution in [2.75, 3.05) is 13.7 Å². The third-order valence-corrected chi connectivity index (χ3v) is 4.76. The van der Waals surface area contributed by atoms with Crippen molar-refractivity contribution >= 4 is 33.3 Å². The maximum atomic E-state index is 12.4. The molecule has 1 atom stereocenters. The number of aliphatic hydroxyl groups is 1. The van der Waals surface area contributed by atoms with E-state index in [9.17, 15) is 14.7 Å². The summed E-state index contributed by atoms with van der Waals surface area (Å²) in [6.07, 6.45) is -1.40. The molecule has 6 nitrogen and oxygen atoms in total. The van der Waals surface area contributed by atoms with Crippen LogP contribution in [0.4, 0.5) is 0 Å². The lowest BCUT2D eigenvalue weighted by atomic mass is 10.1. The maximum Gasteiger partial charge on any atom is 0.337 e. The van der Waals surface area contributed by atoms with Gasteiger partial charge >= 0.3 is 5.97 Å². The summed E-state index contributed by atoms with van der Waals surface area (Å²) in [6, 6.07) is 5.62. The van der Waals surface area contributed by atoms with Gasteiger partial charge in [-0.1, -0.05) is 0 Å². The molecule has 1 amide bonds. The van der Waals surface area contributed by atoms with Gasteiger partial charge in [0, 0.05) is 4.70 Å². The van der Waals surface area contributed by atoms with Gasteiger partial charge in [0.2, 0.25) is 0 Å². The molecule has 1 heterocycles. The highest BCUT2D eigenvalue weighted by molar-refractivity contribution is 7.21. The number of amides is 1. The van der Waals surface area contributed by atoms with Gasteiger partial charge in [-0.15, -0.1) is 11.3 Å².